The van der Waals surface area contributed by atoms with Gasteiger partial charge in [-0.2, -0.15) is 0 Å². The highest BCUT2D eigenvalue weighted by atomic mass is 32.2. The molecule has 4 aromatic rings. The van der Waals surface area contributed by atoms with Gasteiger partial charge in [0.15, 0.2) is 0 Å². The van der Waals surface area contributed by atoms with Crippen molar-refractivity contribution in [3.8, 4) is 11.1 Å². The van der Waals surface area contributed by atoms with Crippen LogP contribution in [0.1, 0.15) is 28.5 Å². The number of aromatic nitrogens is 3. The molecule has 0 aliphatic rings. The quantitative estimate of drug-likeness (QED) is 0.399. The van der Waals surface area contributed by atoms with Gasteiger partial charge in [0.2, 0.25) is 10.0 Å². The van der Waals surface area contributed by atoms with Gasteiger partial charge in [-0.1, -0.05) is 13.0 Å². The van der Waals surface area contributed by atoms with E-state index >= 15 is 0 Å². The van der Waals surface area contributed by atoms with Crippen LogP contribution in [0.15, 0.2) is 59.7 Å². The molecule has 9 nitrogen and oxygen atoms in total. The van der Waals surface area contributed by atoms with Gasteiger partial charge in [0.05, 0.1) is 6.26 Å². The summed E-state index contributed by atoms with van der Waals surface area (Å²) in [6, 6.07) is 12.4. The fourth-order valence-corrected chi connectivity index (χ4v) is 4.34. The number of nitrogens with zero attached hydrogens (tertiary/aromatic N) is 2. The minimum Gasteiger partial charge on any atom is -0.384 e. The van der Waals surface area contributed by atoms with Gasteiger partial charge in [-0.15, -0.1) is 0 Å². The van der Waals surface area contributed by atoms with Crippen LogP contribution in [0.5, 0.6) is 0 Å². The number of fused-ring (bicyclic) bond motifs is 1. The number of aromatic amines is 1. The Kier molecular flexibility index (Phi) is 5.77. The standard InChI is InChI=1S/C23H23N5O4S/c1-3-14-6-7-18-17(11-14)20(16-5-4-9-26-22(16)29)21(23(30)27-33(2,31)32)28(18)13-15-8-10-25-19(24)12-15/h4-12H,3,13H2,1-2H3,(H2,24,25)(H,26,29)(H,27,30). The fraction of sp³-hybridized carbons (Fsp3) is 0.174. The van der Waals surface area contributed by atoms with E-state index in [-0.39, 0.29) is 23.4 Å². The van der Waals surface area contributed by atoms with E-state index in [0.29, 0.717) is 22.3 Å². The maximum absolute atomic E-state index is 13.3. The summed E-state index contributed by atoms with van der Waals surface area (Å²) in [4.78, 5) is 32.7. The zero-order valence-electron chi connectivity index (χ0n) is 18.1. The predicted molar refractivity (Wildman–Crippen MR) is 127 cm³/mol. The van der Waals surface area contributed by atoms with Crippen molar-refractivity contribution in [2.24, 2.45) is 0 Å². The lowest BCUT2D eigenvalue weighted by atomic mass is 10.0. The Morgan fingerprint density at radius 1 is 1.18 bits per heavy atom. The lowest BCUT2D eigenvalue weighted by Crippen LogP contribution is -2.31. The molecule has 0 bridgehead atoms. The molecular formula is C23H23N5O4S. The molecule has 0 aliphatic heterocycles. The molecule has 0 unspecified atom stereocenters. The number of nitrogens with one attached hydrogen (secondary N) is 2. The number of nitrogens with two attached hydrogens (primary N) is 1. The molecule has 10 heteroatoms. The summed E-state index contributed by atoms with van der Waals surface area (Å²) in [5.41, 5.74) is 8.60. The highest BCUT2D eigenvalue weighted by molar-refractivity contribution is 7.89. The van der Waals surface area contributed by atoms with Crippen LogP contribution in [0.2, 0.25) is 0 Å². The number of carbonyl (C=O) groups excluding carboxylic acids is 1. The first kappa shape index (κ1) is 22.3. The molecule has 0 fully saturated rings. The highest BCUT2D eigenvalue weighted by Crippen LogP contribution is 2.35. The molecule has 4 N–H and O–H groups in total. The molecular weight excluding hydrogens is 442 g/mol. The van der Waals surface area contributed by atoms with Crippen LogP contribution in [0.25, 0.3) is 22.0 Å². The molecule has 0 saturated heterocycles. The Morgan fingerprint density at radius 3 is 2.64 bits per heavy atom. The summed E-state index contributed by atoms with van der Waals surface area (Å²) >= 11 is 0. The van der Waals surface area contributed by atoms with Gasteiger partial charge in [0.1, 0.15) is 11.5 Å². The number of hydrogen-bond acceptors (Lipinski definition) is 6. The van der Waals surface area contributed by atoms with Crippen molar-refractivity contribution in [1.29, 1.82) is 0 Å². The van der Waals surface area contributed by atoms with Crippen LogP contribution in [0, 0.1) is 0 Å². The number of benzene rings is 1. The third kappa shape index (κ3) is 4.51. The van der Waals surface area contributed by atoms with E-state index < -0.39 is 15.9 Å². The summed E-state index contributed by atoms with van der Waals surface area (Å²) in [6.07, 6.45) is 4.71. The fourth-order valence-electron chi connectivity index (χ4n) is 3.91. The largest absolute Gasteiger partial charge is 0.384 e. The van der Waals surface area contributed by atoms with E-state index in [2.05, 4.69) is 14.7 Å². The van der Waals surface area contributed by atoms with Crippen molar-refractivity contribution in [3.63, 3.8) is 0 Å². The third-order valence-corrected chi connectivity index (χ3v) is 5.86. The number of sulfonamides is 1. The summed E-state index contributed by atoms with van der Waals surface area (Å²) < 4.78 is 27.6. The number of H-pyrrole nitrogens is 1. The van der Waals surface area contributed by atoms with Crippen LogP contribution in [0.3, 0.4) is 0 Å². The van der Waals surface area contributed by atoms with Gasteiger partial charge in [0.25, 0.3) is 11.5 Å². The summed E-state index contributed by atoms with van der Waals surface area (Å²) in [5.74, 6) is -0.508. The average molecular weight is 466 g/mol. The maximum Gasteiger partial charge on any atom is 0.282 e. The molecule has 3 heterocycles. The minimum atomic E-state index is -3.86. The van der Waals surface area contributed by atoms with Gasteiger partial charge in [-0.3, -0.25) is 9.59 Å². The highest BCUT2D eigenvalue weighted by Gasteiger charge is 2.27. The Labute approximate surface area is 190 Å². The number of amides is 1. The van der Waals surface area contributed by atoms with Gasteiger partial charge < -0.3 is 15.3 Å². The van der Waals surface area contributed by atoms with Crippen molar-refractivity contribution in [3.05, 3.63) is 82.0 Å². The number of anilines is 1. The van der Waals surface area contributed by atoms with E-state index in [1.165, 1.54) is 6.20 Å². The Morgan fingerprint density at radius 2 is 1.97 bits per heavy atom. The molecule has 0 aliphatic carbocycles. The SMILES string of the molecule is CCc1ccc2c(c1)c(-c1ccc[nH]c1=O)c(C(=O)NS(C)(=O)=O)n2Cc1ccnc(N)c1. The first-order chi connectivity index (χ1) is 15.7. The molecule has 0 spiro atoms. The molecule has 0 saturated carbocycles. The van der Waals surface area contributed by atoms with Crippen molar-refractivity contribution in [1.82, 2.24) is 19.3 Å². The van der Waals surface area contributed by atoms with Crippen molar-refractivity contribution in [2.75, 3.05) is 12.0 Å². The summed E-state index contributed by atoms with van der Waals surface area (Å²) in [6.45, 7) is 2.22. The lowest BCUT2D eigenvalue weighted by Gasteiger charge is -2.12. The first-order valence-electron chi connectivity index (χ1n) is 10.2. The second kappa shape index (κ2) is 8.55. The molecule has 4 rings (SSSR count). The molecule has 1 amide bonds. The van der Waals surface area contributed by atoms with E-state index in [0.717, 1.165) is 23.8 Å². The normalized spacial score (nSPS) is 11.6. The molecule has 0 atom stereocenters. The van der Waals surface area contributed by atoms with Crippen molar-refractivity contribution in [2.45, 2.75) is 19.9 Å². The molecule has 33 heavy (non-hydrogen) atoms. The Hall–Kier alpha value is -3.92. The van der Waals surface area contributed by atoms with Crippen molar-refractivity contribution < 1.29 is 13.2 Å². The van der Waals surface area contributed by atoms with Crippen molar-refractivity contribution >= 4 is 32.7 Å². The molecule has 3 aromatic heterocycles. The van der Waals surface area contributed by atoms with E-state index in [9.17, 15) is 18.0 Å². The monoisotopic (exact) mass is 465 g/mol. The number of pyridine rings is 2. The number of carbonyl (C=O) groups is 1. The van der Waals surface area contributed by atoms with Crippen LogP contribution in [-0.2, 0) is 23.0 Å². The third-order valence-electron chi connectivity index (χ3n) is 5.30. The van der Waals surface area contributed by atoms with Crippen LogP contribution in [0.4, 0.5) is 5.82 Å². The Balaban J connectivity index is 2.10. The Bertz CT molecular complexity index is 1540. The first-order valence-corrected chi connectivity index (χ1v) is 12.1. The zero-order valence-corrected chi connectivity index (χ0v) is 18.9. The van der Waals surface area contributed by atoms with Crippen LogP contribution >= 0.6 is 0 Å². The number of hydrogen-bond donors (Lipinski definition) is 3. The number of aryl methyl sites for hydroxylation is 1. The van der Waals surface area contributed by atoms with Crippen LogP contribution in [-0.4, -0.2) is 35.1 Å². The second-order valence-corrected chi connectivity index (χ2v) is 9.47. The lowest BCUT2D eigenvalue weighted by molar-refractivity contribution is 0.0974. The summed E-state index contributed by atoms with van der Waals surface area (Å²) in [5, 5.41) is 0.673. The summed E-state index contributed by atoms with van der Waals surface area (Å²) in [7, 11) is -3.86. The van der Waals surface area contributed by atoms with Gasteiger partial charge in [0, 0.05) is 41.0 Å². The van der Waals surface area contributed by atoms with Gasteiger partial charge in [-0.25, -0.2) is 18.1 Å². The smallest absolute Gasteiger partial charge is 0.282 e. The molecule has 0 radical (unpaired) electrons. The predicted octanol–water partition coefficient (Wildman–Crippen LogP) is 2.27. The number of nitrogen functional groups attached to an aromatic ring is 1. The average Bonchev–Trinajstić information content (AvgIpc) is 3.06. The van der Waals surface area contributed by atoms with Gasteiger partial charge >= 0.3 is 0 Å². The zero-order chi connectivity index (χ0) is 23.8. The van der Waals surface area contributed by atoms with Crippen LogP contribution < -0.4 is 16.0 Å². The van der Waals surface area contributed by atoms with Gasteiger partial charge in [-0.05, 0) is 53.9 Å². The van der Waals surface area contributed by atoms with E-state index in [1.54, 1.807) is 35.0 Å². The topological polar surface area (TPSA) is 140 Å². The van der Waals surface area contributed by atoms with E-state index in [1.807, 2.05) is 25.1 Å². The van der Waals surface area contributed by atoms with E-state index in [4.69, 9.17) is 5.73 Å². The minimum absolute atomic E-state index is 0.0655. The second-order valence-electron chi connectivity index (χ2n) is 7.72. The maximum atomic E-state index is 13.3. The molecule has 1 aromatic carbocycles. The molecule has 170 valence electrons. The number of rotatable bonds is 6.